The van der Waals surface area contributed by atoms with Crippen molar-refractivity contribution in [1.82, 2.24) is 5.32 Å². The molecular formula is C20H24ClNO4. The molecule has 0 radical (unpaired) electrons. The standard InChI is InChI=1S/C20H24ClNO4/c1-4-5-10-26-17-9-7-6-8-15(17)20(23)22-13-14-11-18(24-2)19(25-3)12-16(14)21/h6-9,11-12H,4-5,10,13H2,1-3H3,(H,22,23). The molecule has 0 bridgehead atoms. The molecule has 0 aliphatic heterocycles. The number of para-hydroxylation sites is 1. The summed E-state index contributed by atoms with van der Waals surface area (Å²) in [4.78, 5) is 12.6. The van der Waals surface area contributed by atoms with Crippen LogP contribution in [0.3, 0.4) is 0 Å². The van der Waals surface area contributed by atoms with E-state index in [9.17, 15) is 4.79 Å². The highest BCUT2D eigenvalue weighted by Gasteiger charge is 2.14. The second-order valence-corrected chi connectivity index (χ2v) is 6.09. The Labute approximate surface area is 159 Å². The van der Waals surface area contributed by atoms with E-state index in [4.69, 9.17) is 25.8 Å². The van der Waals surface area contributed by atoms with Crippen LogP contribution < -0.4 is 19.5 Å². The normalized spacial score (nSPS) is 10.3. The number of hydrogen-bond acceptors (Lipinski definition) is 4. The molecule has 0 heterocycles. The fourth-order valence-corrected chi connectivity index (χ4v) is 2.63. The lowest BCUT2D eigenvalue weighted by Crippen LogP contribution is -2.23. The molecule has 0 atom stereocenters. The Balaban J connectivity index is 2.10. The van der Waals surface area contributed by atoms with Gasteiger partial charge in [0.25, 0.3) is 5.91 Å². The van der Waals surface area contributed by atoms with Crippen LogP contribution in [0.25, 0.3) is 0 Å². The monoisotopic (exact) mass is 377 g/mol. The molecule has 140 valence electrons. The van der Waals surface area contributed by atoms with E-state index in [1.807, 2.05) is 12.1 Å². The molecule has 2 rings (SSSR count). The minimum absolute atomic E-state index is 0.219. The van der Waals surface area contributed by atoms with Gasteiger partial charge in [0.05, 0.1) is 26.4 Å². The van der Waals surface area contributed by atoms with Crippen molar-refractivity contribution in [3.05, 3.63) is 52.5 Å². The predicted octanol–water partition coefficient (Wildman–Crippen LogP) is 4.47. The summed E-state index contributed by atoms with van der Waals surface area (Å²) in [7, 11) is 3.10. The molecule has 5 nitrogen and oxygen atoms in total. The molecule has 0 aliphatic carbocycles. The molecule has 0 fully saturated rings. The molecule has 0 aromatic heterocycles. The van der Waals surface area contributed by atoms with Crippen molar-refractivity contribution in [1.29, 1.82) is 0 Å². The van der Waals surface area contributed by atoms with E-state index in [0.717, 1.165) is 18.4 Å². The fraction of sp³-hybridized carbons (Fsp3) is 0.350. The largest absolute Gasteiger partial charge is 0.493 e. The number of benzene rings is 2. The van der Waals surface area contributed by atoms with Crippen LogP contribution in [0.1, 0.15) is 35.7 Å². The minimum Gasteiger partial charge on any atom is -0.493 e. The number of carbonyl (C=O) groups is 1. The van der Waals surface area contributed by atoms with Gasteiger partial charge in [0.15, 0.2) is 11.5 Å². The number of halogens is 1. The Hall–Kier alpha value is -2.40. The Bertz CT molecular complexity index is 749. The van der Waals surface area contributed by atoms with Crippen molar-refractivity contribution in [2.45, 2.75) is 26.3 Å². The van der Waals surface area contributed by atoms with Gasteiger partial charge in [0.1, 0.15) is 5.75 Å². The average molecular weight is 378 g/mol. The van der Waals surface area contributed by atoms with Gasteiger partial charge in [-0.15, -0.1) is 0 Å². The van der Waals surface area contributed by atoms with E-state index in [0.29, 0.717) is 34.4 Å². The average Bonchev–Trinajstić information content (AvgIpc) is 2.67. The van der Waals surface area contributed by atoms with Gasteiger partial charge in [0.2, 0.25) is 0 Å². The predicted molar refractivity (Wildman–Crippen MR) is 103 cm³/mol. The van der Waals surface area contributed by atoms with Crippen molar-refractivity contribution < 1.29 is 19.0 Å². The maximum atomic E-state index is 12.6. The minimum atomic E-state index is -0.219. The second kappa shape index (κ2) is 9.92. The number of methoxy groups -OCH3 is 2. The van der Waals surface area contributed by atoms with Gasteiger partial charge in [-0.25, -0.2) is 0 Å². The molecule has 6 heteroatoms. The molecule has 0 saturated carbocycles. The van der Waals surface area contributed by atoms with Crippen LogP contribution in [0, 0.1) is 0 Å². The number of rotatable bonds is 9. The lowest BCUT2D eigenvalue weighted by molar-refractivity contribution is 0.0946. The summed E-state index contributed by atoms with van der Waals surface area (Å²) < 4.78 is 16.2. The SMILES string of the molecule is CCCCOc1ccccc1C(=O)NCc1cc(OC)c(OC)cc1Cl. The highest BCUT2D eigenvalue weighted by molar-refractivity contribution is 6.31. The van der Waals surface area contributed by atoms with Gasteiger partial charge in [-0.2, -0.15) is 0 Å². The van der Waals surface area contributed by atoms with E-state index in [1.165, 1.54) is 0 Å². The zero-order valence-electron chi connectivity index (χ0n) is 15.3. The lowest BCUT2D eigenvalue weighted by atomic mass is 10.1. The van der Waals surface area contributed by atoms with Crippen molar-refractivity contribution in [2.24, 2.45) is 0 Å². The van der Waals surface area contributed by atoms with E-state index in [2.05, 4.69) is 12.2 Å². The molecular weight excluding hydrogens is 354 g/mol. The summed E-state index contributed by atoms with van der Waals surface area (Å²) in [5, 5.41) is 3.37. The number of nitrogens with one attached hydrogen (secondary N) is 1. The van der Waals surface area contributed by atoms with Crippen molar-refractivity contribution in [2.75, 3.05) is 20.8 Å². The quantitative estimate of drug-likeness (QED) is 0.655. The van der Waals surface area contributed by atoms with Crippen molar-refractivity contribution in [3.63, 3.8) is 0 Å². The molecule has 0 spiro atoms. The number of carbonyl (C=O) groups excluding carboxylic acids is 1. The molecule has 2 aromatic carbocycles. The van der Waals surface area contributed by atoms with Crippen molar-refractivity contribution >= 4 is 17.5 Å². The van der Waals surface area contributed by atoms with E-state index in [1.54, 1.807) is 38.5 Å². The van der Waals surface area contributed by atoms with Crippen LogP contribution in [-0.2, 0) is 6.54 Å². The zero-order valence-corrected chi connectivity index (χ0v) is 16.1. The number of amides is 1. The molecule has 26 heavy (non-hydrogen) atoms. The molecule has 1 amide bonds. The topological polar surface area (TPSA) is 56.8 Å². The second-order valence-electron chi connectivity index (χ2n) is 5.68. The third kappa shape index (κ3) is 5.05. The van der Waals surface area contributed by atoms with Crippen LogP contribution in [0.15, 0.2) is 36.4 Å². The van der Waals surface area contributed by atoms with Gasteiger partial charge in [0, 0.05) is 17.6 Å². The summed E-state index contributed by atoms with van der Waals surface area (Å²) in [6.07, 6.45) is 1.98. The smallest absolute Gasteiger partial charge is 0.255 e. The van der Waals surface area contributed by atoms with Crippen LogP contribution in [0.5, 0.6) is 17.2 Å². The zero-order chi connectivity index (χ0) is 18.9. The summed E-state index contributed by atoms with van der Waals surface area (Å²) >= 11 is 6.27. The molecule has 0 saturated heterocycles. The highest BCUT2D eigenvalue weighted by Crippen LogP contribution is 2.33. The maximum absolute atomic E-state index is 12.6. The van der Waals surface area contributed by atoms with Crippen LogP contribution in [-0.4, -0.2) is 26.7 Å². The highest BCUT2D eigenvalue weighted by atomic mass is 35.5. The third-order valence-electron chi connectivity index (χ3n) is 3.88. The molecule has 1 N–H and O–H groups in total. The van der Waals surface area contributed by atoms with Gasteiger partial charge >= 0.3 is 0 Å². The Morgan fingerprint density at radius 1 is 1.08 bits per heavy atom. The molecule has 0 aliphatic rings. The maximum Gasteiger partial charge on any atom is 0.255 e. The van der Waals surface area contributed by atoms with Crippen LogP contribution in [0.4, 0.5) is 0 Å². The number of hydrogen-bond donors (Lipinski definition) is 1. The first-order valence-electron chi connectivity index (χ1n) is 8.51. The third-order valence-corrected chi connectivity index (χ3v) is 4.23. The summed E-state index contributed by atoms with van der Waals surface area (Å²) in [6.45, 7) is 2.94. The van der Waals surface area contributed by atoms with E-state index in [-0.39, 0.29) is 12.5 Å². The van der Waals surface area contributed by atoms with Crippen molar-refractivity contribution in [3.8, 4) is 17.2 Å². The first-order valence-corrected chi connectivity index (χ1v) is 8.88. The van der Waals surface area contributed by atoms with Gasteiger partial charge in [-0.3, -0.25) is 4.79 Å². The Kier molecular flexibility index (Phi) is 7.60. The molecule has 2 aromatic rings. The summed E-state index contributed by atoms with van der Waals surface area (Å²) in [5.74, 6) is 1.46. The summed E-state index contributed by atoms with van der Waals surface area (Å²) in [6, 6.07) is 10.6. The first-order chi connectivity index (χ1) is 12.6. The van der Waals surface area contributed by atoms with Gasteiger partial charge in [-0.1, -0.05) is 37.1 Å². The lowest BCUT2D eigenvalue weighted by Gasteiger charge is -2.14. The summed E-state index contributed by atoms with van der Waals surface area (Å²) in [5.41, 5.74) is 1.24. The fourth-order valence-electron chi connectivity index (χ4n) is 2.41. The van der Waals surface area contributed by atoms with Gasteiger partial charge < -0.3 is 19.5 Å². The van der Waals surface area contributed by atoms with Crippen LogP contribution in [0.2, 0.25) is 5.02 Å². The number of ether oxygens (including phenoxy) is 3. The number of unbranched alkanes of at least 4 members (excludes halogenated alkanes) is 1. The van der Waals surface area contributed by atoms with Crippen LogP contribution >= 0.6 is 11.6 Å². The van der Waals surface area contributed by atoms with Gasteiger partial charge in [-0.05, 0) is 30.2 Å². The van der Waals surface area contributed by atoms with E-state index >= 15 is 0 Å². The Morgan fingerprint density at radius 3 is 2.46 bits per heavy atom. The van der Waals surface area contributed by atoms with E-state index < -0.39 is 0 Å². The first kappa shape index (κ1) is 19.9. The Morgan fingerprint density at radius 2 is 1.77 bits per heavy atom. The molecule has 0 unspecified atom stereocenters.